The van der Waals surface area contributed by atoms with E-state index < -0.39 is 0 Å². The van der Waals surface area contributed by atoms with Crippen LogP contribution in [0.25, 0.3) is 22.6 Å². The Morgan fingerprint density at radius 3 is 2.31 bits per heavy atom. The molecule has 0 saturated carbocycles. The third-order valence-electron chi connectivity index (χ3n) is 4.47. The van der Waals surface area contributed by atoms with Gasteiger partial charge in [-0.25, -0.2) is 9.97 Å². The number of morpholine rings is 1. The number of aromatic nitrogens is 2. The molecule has 132 valence electrons. The summed E-state index contributed by atoms with van der Waals surface area (Å²) in [5.74, 6) is 2.48. The topological polar surface area (TPSA) is 47.5 Å². The lowest BCUT2D eigenvalue weighted by Gasteiger charge is -2.28. The van der Waals surface area contributed by atoms with Crippen molar-refractivity contribution < 1.29 is 9.47 Å². The lowest BCUT2D eigenvalue weighted by Crippen LogP contribution is -2.36. The number of rotatable bonds is 4. The molecule has 3 aromatic rings. The van der Waals surface area contributed by atoms with Crippen LogP contribution in [0.2, 0.25) is 0 Å². The lowest BCUT2D eigenvalue weighted by atomic mass is 10.1. The van der Waals surface area contributed by atoms with Crippen LogP contribution in [0.4, 0.5) is 5.82 Å². The number of anilines is 1. The van der Waals surface area contributed by atoms with Gasteiger partial charge in [-0.1, -0.05) is 30.3 Å². The van der Waals surface area contributed by atoms with Crippen LogP contribution in [0.15, 0.2) is 60.7 Å². The van der Waals surface area contributed by atoms with Crippen molar-refractivity contribution in [1.29, 1.82) is 0 Å². The van der Waals surface area contributed by atoms with Gasteiger partial charge in [-0.3, -0.25) is 0 Å². The second-order valence-electron chi connectivity index (χ2n) is 6.13. The highest BCUT2D eigenvalue weighted by Gasteiger charge is 2.16. The van der Waals surface area contributed by atoms with Gasteiger partial charge < -0.3 is 14.4 Å². The fraction of sp³-hybridized carbons (Fsp3) is 0.238. The first-order chi connectivity index (χ1) is 12.8. The molecule has 0 atom stereocenters. The first-order valence-corrected chi connectivity index (χ1v) is 8.75. The molecule has 2 heterocycles. The summed E-state index contributed by atoms with van der Waals surface area (Å²) < 4.78 is 10.7. The van der Waals surface area contributed by atoms with E-state index in [-0.39, 0.29) is 0 Å². The summed E-state index contributed by atoms with van der Waals surface area (Å²) in [4.78, 5) is 11.9. The molecule has 0 amide bonds. The molecule has 26 heavy (non-hydrogen) atoms. The third kappa shape index (κ3) is 3.53. The second-order valence-corrected chi connectivity index (χ2v) is 6.13. The van der Waals surface area contributed by atoms with Gasteiger partial charge in [0.05, 0.1) is 26.0 Å². The van der Waals surface area contributed by atoms with Gasteiger partial charge in [0.2, 0.25) is 0 Å². The van der Waals surface area contributed by atoms with E-state index >= 15 is 0 Å². The van der Waals surface area contributed by atoms with Crippen LogP contribution < -0.4 is 9.64 Å². The summed E-state index contributed by atoms with van der Waals surface area (Å²) in [5, 5.41) is 0. The molecule has 1 aliphatic rings. The van der Waals surface area contributed by atoms with E-state index in [0.717, 1.165) is 60.5 Å². The smallest absolute Gasteiger partial charge is 0.162 e. The third-order valence-corrected chi connectivity index (χ3v) is 4.47. The minimum atomic E-state index is 0.718. The molecule has 0 bridgehead atoms. The van der Waals surface area contributed by atoms with Gasteiger partial charge in [-0.15, -0.1) is 0 Å². The molecule has 0 N–H and O–H groups in total. The van der Waals surface area contributed by atoms with Crippen molar-refractivity contribution in [2.45, 2.75) is 0 Å². The van der Waals surface area contributed by atoms with E-state index in [1.54, 1.807) is 7.11 Å². The van der Waals surface area contributed by atoms with E-state index in [9.17, 15) is 0 Å². The van der Waals surface area contributed by atoms with Crippen LogP contribution in [-0.4, -0.2) is 43.4 Å². The Hall–Kier alpha value is -2.92. The van der Waals surface area contributed by atoms with Crippen LogP contribution in [0.3, 0.4) is 0 Å². The Balaban J connectivity index is 1.78. The normalized spacial score (nSPS) is 14.3. The quantitative estimate of drug-likeness (QED) is 0.721. The van der Waals surface area contributed by atoms with Crippen molar-refractivity contribution in [3.05, 3.63) is 60.7 Å². The number of ether oxygens (including phenoxy) is 2. The molecule has 5 nitrogen and oxygen atoms in total. The summed E-state index contributed by atoms with van der Waals surface area (Å²) in [6.45, 7) is 3.13. The first kappa shape index (κ1) is 16.5. The molecule has 1 fully saturated rings. The van der Waals surface area contributed by atoms with E-state index in [1.807, 2.05) is 42.5 Å². The summed E-state index contributed by atoms with van der Waals surface area (Å²) >= 11 is 0. The largest absolute Gasteiger partial charge is 0.497 e. The average molecular weight is 347 g/mol. The van der Waals surface area contributed by atoms with Crippen LogP contribution in [0.1, 0.15) is 0 Å². The van der Waals surface area contributed by atoms with Crippen LogP contribution in [-0.2, 0) is 4.74 Å². The molecule has 0 aliphatic carbocycles. The van der Waals surface area contributed by atoms with Gasteiger partial charge in [0, 0.05) is 30.3 Å². The molecule has 1 aromatic heterocycles. The van der Waals surface area contributed by atoms with Gasteiger partial charge in [-0.05, 0) is 24.3 Å². The number of benzene rings is 2. The van der Waals surface area contributed by atoms with Crippen molar-refractivity contribution in [2.24, 2.45) is 0 Å². The Bertz CT molecular complexity index is 860. The highest BCUT2D eigenvalue weighted by atomic mass is 16.5. The Kier molecular flexibility index (Phi) is 4.80. The minimum absolute atomic E-state index is 0.718. The van der Waals surface area contributed by atoms with Gasteiger partial charge in [0.1, 0.15) is 11.6 Å². The number of hydrogen-bond donors (Lipinski definition) is 0. The predicted octanol–water partition coefficient (Wildman–Crippen LogP) is 3.66. The van der Waals surface area contributed by atoms with E-state index in [4.69, 9.17) is 19.4 Å². The van der Waals surface area contributed by atoms with Crippen LogP contribution in [0.5, 0.6) is 5.75 Å². The zero-order valence-electron chi connectivity index (χ0n) is 14.8. The van der Waals surface area contributed by atoms with Crippen LogP contribution in [0, 0.1) is 0 Å². The van der Waals surface area contributed by atoms with Gasteiger partial charge >= 0.3 is 0 Å². The number of methoxy groups -OCH3 is 1. The Labute approximate surface area is 153 Å². The number of hydrogen-bond acceptors (Lipinski definition) is 5. The van der Waals surface area contributed by atoms with Gasteiger partial charge in [-0.2, -0.15) is 0 Å². The summed E-state index contributed by atoms with van der Waals surface area (Å²) in [6, 6.07) is 20.1. The van der Waals surface area contributed by atoms with Crippen molar-refractivity contribution in [1.82, 2.24) is 9.97 Å². The SMILES string of the molecule is COc1ccc(-c2nc(-c3ccccc3)cc(N3CCOCC3)n2)cc1. The molecular formula is C21H21N3O2. The summed E-state index contributed by atoms with van der Waals surface area (Å²) in [5.41, 5.74) is 2.98. The lowest BCUT2D eigenvalue weighted by molar-refractivity contribution is 0.122. The van der Waals surface area contributed by atoms with Gasteiger partial charge in [0.25, 0.3) is 0 Å². The zero-order valence-corrected chi connectivity index (χ0v) is 14.8. The van der Waals surface area contributed by atoms with Gasteiger partial charge in [0.15, 0.2) is 5.82 Å². The van der Waals surface area contributed by atoms with Crippen molar-refractivity contribution in [3.63, 3.8) is 0 Å². The highest BCUT2D eigenvalue weighted by molar-refractivity contribution is 5.68. The maximum atomic E-state index is 5.48. The van der Waals surface area contributed by atoms with E-state index in [2.05, 4.69) is 23.1 Å². The Morgan fingerprint density at radius 1 is 0.885 bits per heavy atom. The fourth-order valence-electron chi connectivity index (χ4n) is 3.01. The van der Waals surface area contributed by atoms with Crippen molar-refractivity contribution in [3.8, 4) is 28.4 Å². The maximum absolute atomic E-state index is 5.48. The predicted molar refractivity (Wildman–Crippen MR) is 102 cm³/mol. The molecule has 1 aliphatic heterocycles. The number of nitrogens with zero attached hydrogens (tertiary/aromatic N) is 3. The molecule has 4 rings (SSSR count). The molecule has 0 radical (unpaired) electrons. The molecule has 5 heteroatoms. The monoisotopic (exact) mass is 347 g/mol. The first-order valence-electron chi connectivity index (χ1n) is 8.75. The summed E-state index contributed by atoms with van der Waals surface area (Å²) in [6.07, 6.45) is 0. The highest BCUT2D eigenvalue weighted by Crippen LogP contribution is 2.27. The minimum Gasteiger partial charge on any atom is -0.497 e. The van der Waals surface area contributed by atoms with E-state index in [0.29, 0.717) is 0 Å². The zero-order chi connectivity index (χ0) is 17.8. The van der Waals surface area contributed by atoms with E-state index in [1.165, 1.54) is 0 Å². The van der Waals surface area contributed by atoms with Crippen molar-refractivity contribution >= 4 is 5.82 Å². The molecular weight excluding hydrogens is 326 g/mol. The molecule has 1 saturated heterocycles. The average Bonchev–Trinajstić information content (AvgIpc) is 2.75. The van der Waals surface area contributed by atoms with Crippen molar-refractivity contribution in [2.75, 3.05) is 38.3 Å². The standard InChI is InChI=1S/C21H21N3O2/c1-25-18-9-7-17(8-10-18)21-22-19(16-5-3-2-4-6-16)15-20(23-21)24-11-13-26-14-12-24/h2-10,15H,11-14H2,1H3. The molecule has 0 spiro atoms. The maximum Gasteiger partial charge on any atom is 0.162 e. The fourth-order valence-corrected chi connectivity index (χ4v) is 3.01. The molecule has 2 aromatic carbocycles. The summed E-state index contributed by atoms with van der Waals surface area (Å²) in [7, 11) is 1.66. The second kappa shape index (κ2) is 7.54. The molecule has 0 unspecified atom stereocenters. The Morgan fingerprint density at radius 2 is 1.62 bits per heavy atom. The van der Waals surface area contributed by atoms with Crippen LogP contribution >= 0.6 is 0 Å².